The van der Waals surface area contributed by atoms with Gasteiger partial charge in [-0.25, -0.2) is 4.39 Å². The lowest BCUT2D eigenvalue weighted by Gasteiger charge is -2.08. The van der Waals surface area contributed by atoms with Crippen LogP contribution in [-0.4, -0.2) is 18.4 Å². The second kappa shape index (κ2) is 7.40. The molecule has 1 aromatic heterocycles. The summed E-state index contributed by atoms with van der Waals surface area (Å²) in [5.74, 6) is -0.696. The summed E-state index contributed by atoms with van der Waals surface area (Å²) < 4.78 is 18.1. The van der Waals surface area contributed by atoms with Crippen LogP contribution in [0.2, 0.25) is 0 Å². The number of benzene rings is 1. The van der Waals surface area contributed by atoms with E-state index in [-0.39, 0.29) is 24.0 Å². The molecular formula is C16H17FN2O3. The van der Waals surface area contributed by atoms with Crippen molar-refractivity contribution in [2.24, 2.45) is 0 Å². The minimum absolute atomic E-state index is 0.221. The van der Waals surface area contributed by atoms with Gasteiger partial charge in [0.15, 0.2) is 5.76 Å². The summed E-state index contributed by atoms with van der Waals surface area (Å²) in [4.78, 5) is 23.4. The summed E-state index contributed by atoms with van der Waals surface area (Å²) in [7, 11) is 0. The van der Waals surface area contributed by atoms with Crippen molar-refractivity contribution in [1.82, 2.24) is 5.32 Å². The summed E-state index contributed by atoms with van der Waals surface area (Å²) in [6.45, 7) is 2.15. The Kier molecular flexibility index (Phi) is 5.30. The molecule has 1 heterocycles. The number of furan rings is 1. The molecule has 22 heavy (non-hydrogen) atoms. The van der Waals surface area contributed by atoms with Gasteiger partial charge in [0.1, 0.15) is 5.82 Å². The summed E-state index contributed by atoms with van der Waals surface area (Å²) in [6.07, 6.45) is 2.13. The number of carbonyl (C=O) groups excluding carboxylic acids is 2. The van der Waals surface area contributed by atoms with E-state index < -0.39 is 5.82 Å². The average Bonchev–Trinajstić information content (AvgIpc) is 3.01. The van der Waals surface area contributed by atoms with Crippen LogP contribution in [0.1, 0.15) is 29.0 Å². The van der Waals surface area contributed by atoms with Crippen LogP contribution in [0, 0.1) is 12.7 Å². The maximum absolute atomic E-state index is 13.1. The zero-order chi connectivity index (χ0) is 15.9. The smallest absolute Gasteiger partial charge is 0.286 e. The Morgan fingerprint density at radius 2 is 2.09 bits per heavy atom. The van der Waals surface area contributed by atoms with Crippen molar-refractivity contribution in [3.63, 3.8) is 0 Å². The molecule has 2 amide bonds. The molecule has 2 aromatic rings. The molecule has 2 N–H and O–H groups in total. The third kappa shape index (κ3) is 4.44. The largest absolute Gasteiger partial charge is 0.459 e. The van der Waals surface area contributed by atoms with Gasteiger partial charge < -0.3 is 15.1 Å². The zero-order valence-electron chi connectivity index (χ0n) is 12.2. The van der Waals surface area contributed by atoms with Gasteiger partial charge in [-0.15, -0.1) is 0 Å². The predicted molar refractivity (Wildman–Crippen MR) is 80.0 cm³/mol. The molecule has 0 radical (unpaired) electrons. The van der Waals surface area contributed by atoms with Gasteiger partial charge in [0, 0.05) is 18.7 Å². The summed E-state index contributed by atoms with van der Waals surface area (Å²) in [6, 6.07) is 7.42. The van der Waals surface area contributed by atoms with E-state index in [0.29, 0.717) is 18.7 Å². The normalized spacial score (nSPS) is 10.3. The van der Waals surface area contributed by atoms with E-state index in [4.69, 9.17) is 4.42 Å². The van der Waals surface area contributed by atoms with Gasteiger partial charge in [-0.3, -0.25) is 9.59 Å². The molecule has 0 saturated heterocycles. The van der Waals surface area contributed by atoms with E-state index in [9.17, 15) is 14.0 Å². The van der Waals surface area contributed by atoms with Crippen molar-refractivity contribution in [2.45, 2.75) is 19.8 Å². The van der Waals surface area contributed by atoms with Crippen molar-refractivity contribution in [1.29, 1.82) is 0 Å². The van der Waals surface area contributed by atoms with E-state index in [0.717, 1.165) is 5.56 Å². The Morgan fingerprint density at radius 3 is 2.82 bits per heavy atom. The molecule has 0 spiro atoms. The van der Waals surface area contributed by atoms with E-state index in [1.54, 1.807) is 25.1 Å². The molecule has 0 aliphatic carbocycles. The number of halogens is 1. The predicted octanol–water partition coefficient (Wildman–Crippen LogP) is 2.88. The Labute approximate surface area is 127 Å². The molecule has 0 saturated carbocycles. The van der Waals surface area contributed by atoms with Crippen molar-refractivity contribution in [3.8, 4) is 0 Å². The summed E-state index contributed by atoms with van der Waals surface area (Å²) >= 11 is 0. The highest BCUT2D eigenvalue weighted by molar-refractivity contribution is 5.92. The van der Waals surface area contributed by atoms with Crippen LogP contribution in [0.25, 0.3) is 0 Å². The molecule has 6 heteroatoms. The SMILES string of the molecule is Cc1ccc(F)cc1NC(=O)CCCNC(=O)c1ccco1. The van der Waals surface area contributed by atoms with E-state index in [1.165, 1.54) is 18.4 Å². The Balaban J connectivity index is 1.72. The summed E-state index contributed by atoms with van der Waals surface area (Å²) in [5, 5.41) is 5.31. The molecule has 116 valence electrons. The maximum Gasteiger partial charge on any atom is 0.286 e. The van der Waals surface area contributed by atoms with Crippen LogP contribution in [0.3, 0.4) is 0 Å². The molecule has 0 aliphatic heterocycles. The van der Waals surface area contributed by atoms with Crippen LogP contribution in [0.5, 0.6) is 0 Å². The van der Waals surface area contributed by atoms with Gasteiger partial charge in [-0.05, 0) is 43.2 Å². The van der Waals surface area contributed by atoms with Crippen LogP contribution in [0.15, 0.2) is 41.0 Å². The van der Waals surface area contributed by atoms with Crippen LogP contribution >= 0.6 is 0 Å². The highest BCUT2D eigenvalue weighted by Crippen LogP contribution is 2.16. The lowest BCUT2D eigenvalue weighted by Crippen LogP contribution is -2.25. The second-order valence-electron chi connectivity index (χ2n) is 4.84. The van der Waals surface area contributed by atoms with Crippen LogP contribution < -0.4 is 10.6 Å². The Hall–Kier alpha value is -2.63. The Morgan fingerprint density at radius 1 is 1.27 bits per heavy atom. The summed E-state index contributed by atoms with van der Waals surface area (Å²) in [5.41, 5.74) is 1.26. The van der Waals surface area contributed by atoms with Crippen molar-refractivity contribution < 1.29 is 18.4 Å². The van der Waals surface area contributed by atoms with Gasteiger partial charge >= 0.3 is 0 Å². The van der Waals surface area contributed by atoms with Crippen molar-refractivity contribution >= 4 is 17.5 Å². The molecule has 0 unspecified atom stereocenters. The molecular weight excluding hydrogens is 287 g/mol. The molecule has 2 rings (SSSR count). The number of aryl methyl sites for hydroxylation is 1. The topological polar surface area (TPSA) is 71.3 Å². The fraction of sp³-hybridized carbons (Fsp3) is 0.250. The van der Waals surface area contributed by atoms with Crippen LogP contribution in [0.4, 0.5) is 10.1 Å². The number of amides is 2. The Bertz CT molecular complexity index is 653. The highest BCUT2D eigenvalue weighted by Gasteiger charge is 2.09. The number of hydrogen-bond donors (Lipinski definition) is 2. The van der Waals surface area contributed by atoms with Gasteiger partial charge in [-0.1, -0.05) is 6.07 Å². The van der Waals surface area contributed by atoms with Crippen LogP contribution in [-0.2, 0) is 4.79 Å². The molecule has 0 bridgehead atoms. The number of carbonyl (C=O) groups is 2. The third-order valence-corrected chi connectivity index (χ3v) is 3.08. The second-order valence-corrected chi connectivity index (χ2v) is 4.84. The lowest BCUT2D eigenvalue weighted by atomic mass is 10.2. The van der Waals surface area contributed by atoms with Crippen molar-refractivity contribution in [3.05, 3.63) is 53.7 Å². The van der Waals surface area contributed by atoms with Gasteiger partial charge in [0.2, 0.25) is 5.91 Å². The quantitative estimate of drug-likeness (QED) is 0.806. The molecule has 5 nitrogen and oxygen atoms in total. The molecule has 0 aliphatic rings. The molecule has 0 fully saturated rings. The lowest BCUT2D eigenvalue weighted by molar-refractivity contribution is -0.116. The number of rotatable bonds is 6. The van der Waals surface area contributed by atoms with Gasteiger partial charge in [0.25, 0.3) is 5.91 Å². The minimum atomic E-state index is -0.397. The fourth-order valence-corrected chi connectivity index (χ4v) is 1.89. The first kappa shape index (κ1) is 15.8. The number of hydrogen-bond acceptors (Lipinski definition) is 3. The first-order valence-electron chi connectivity index (χ1n) is 6.94. The number of anilines is 1. The first-order valence-corrected chi connectivity index (χ1v) is 6.94. The average molecular weight is 304 g/mol. The van der Waals surface area contributed by atoms with E-state index >= 15 is 0 Å². The van der Waals surface area contributed by atoms with E-state index in [1.807, 2.05) is 0 Å². The highest BCUT2D eigenvalue weighted by atomic mass is 19.1. The van der Waals surface area contributed by atoms with Gasteiger partial charge in [-0.2, -0.15) is 0 Å². The first-order chi connectivity index (χ1) is 10.6. The molecule has 0 atom stereocenters. The minimum Gasteiger partial charge on any atom is -0.459 e. The monoisotopic (exact) mass is 304 g/mol. The zero-order valence-corrected chi connectivity index (χ0v) is 12.2. The number of nitrogens with one attached hydrogen (secondary N) is 2. The van der Waals surface area contributed by atoms with E-state index in [2.05, 4.69) is 10.6 Å². The third-order valence-electron chi connectivity index (χ3n) is 3.08. The molecule has 1 aromatic carbocycles. The van der Waals surface area contributed by atoms with Gasteiger partial charge in [0.05, 0.1) is 6.26 Å². The maximum atomic E-state index is 13.1. The standard InChI is InChI=1S/C16H17FN2O3/c1-11-6-7-12(17)10-13(11)19-15(20)5-2-8-18-16(21)14-4-3-9-22-14/h3-4,6-7,9-10H,2,5,8H2,1H3,(H,18,21)(H,19,20). The fourth-order valence-electron chi connectivity index (χ4n) is 1.89. The van der Waals surface area contributed by atoms with Crippen molar-refractivity contribution in [2.75, 3.05) is 11.9 Å².